The van der Waals surface area contributed by atoms with Crippen LogP contribution in [0, 0.1) is 13.8 Å². The molecule has 3 aromatic rings. The molecule has 0 saturated carbocycles. The van der Waals surface area contributed by atoms with Crippen molar-refractivity contribution in [3.63, 3.8) is 0 Å². The SMILES string of the molecule is Cc1noc(C)c1S(=O)(=O)N[C@H](c1ccc2c(c1)CCC2)c1cccs1. The van der Waals surface area contributed by atoms with E-state index in [0.717, 1.165) is 29.7 Å². The van der Waals surface area contributed by atoms with Gasteiger partial charge in [0.25, 0.3) is 0 Å². The number of nitrogens with zero attached hydrogens (tertiary/aromatic N) is 1. The summed E-state index contributed by atoms with van der Waals surface area (Å²) in [5.41, 5.74) is 4.02. The first kappa shape index (κ1) is 17.5. The normalized spacial score (nSPS) is 15.2. The fraction of sp³-hybridized carbons (Fsp3) is 0.316. The molecular weight excluding hydrogens is 368 g/mol. The van der Waals surface area contributed by atoms with Gasteiger partial charge in [-0.05, 0) is 61.2 Å². The zero-order valence-electron chi connectivity index (χ0n) is 14.7. The van der Waals surface area contributed by atoms with Crippen molar-refractivity contribution < 1.29 is 12.9 Å². The minimum absolute atomic E-state index is 0.125. The van der Waals surface area contributed by atoms with E-state index in [9.17, 15) is 8.42 Å². The van der Waals surface area contributed by atoms with Crippen LogP contribution in [0.5, 0.6) is 0 Å². The number of aromatic nitrogens is 1. The Balaban J connectivity index is 1.76. The van der Waals surface area contributed by atoms with Crippen LogP contribution in [0.4, 0.5) is 0 Å². The lowest BCUT2D eigenvalue weighted by Gasteiger charge is -2.19. The molecule has 1 N–H and O–H groups in total. The predicted octanol–water partition coefficient (Wildman–Crippen LogP) is 3.91. The minimum atomic E-state index is -3.77. The number of fused-ring (bicyclic) bond motifs is 1. The first-order chi connectivity index (χ1) is 12.5. The highest BCUT2D eigenvalue weighted by atomic mass is 32.2. The van der Waals surface area contributed by atoms with Crippen LogP contribution in [-0.4, -0.2) is 13.6 Å². The zero-order valence-corrected chi connectivity index (χ0v) is 16.3. The van der Waals surface area contributed by atoms with Crippen LogP contribution in [0.1, 0.15) is 45.5 Å². The largest absolute Gasteiger partial charge is 0.360 e. The molecule has 0 aliphatic heterocycles. The van der Waals surface area contributed by atoms with Gasteiger partial charge in [-0.2, -0.15) is 4.72 Å². The number of hydrogen-bond acceptors (Lipinski definition) is 5. The van der Waals surface area contributed by atoms with E-state index in [2.05, 4.69) is 22.0 Å². The fourth-order valence-corrected chi connectivity index (χ4v) is 6.00. The van der Waals surface area contributed by atoms with E-state index in [1.54, 1.807) is 13.8 Å². The Labute approximate surface area is 157 Å². The Hall–Kier alpha value is -1.96. The predicted molar refractivity (Wildman–Crippen MR) is 101 cm³/mol. The van der Waals surface area contributed by atoms with E-state index < -0.39 is 16.1 Å². The lowest BCUT2D eigenvalue weighted by atomic mass is 10.0. The molecule has 2 aromatic heterocycles. The number of nitrogens with one attached hydrogen (secondary N) is 1. The van der Waals surface area contributed by atoms with Gasteiger partial charge in [0.1, 0.15) is 10.6 Å². The van der Waals surface area contributed by atoms with E-state index in [0.29, 0.717) is 11.5 Å². The maximum Gasteiger partial charge on any atom is 0.246 e. The molecular formula is C19H20N2O3S2. The van der Waals surface area contributed by atoms with Crippen molar-refractivity contribution in [1.29, 1.82) is 0 Å². The van der Waals surface area contributed by atoms with Crippen LogP contribution in [0.15, 0.2) is 45.1 Å². The summed E-state index contributed by atoms with van der Waals surface area (Å²) < 4.78 is 34.0. The molecule has 1 aliphatic carbocycles. The van der Waals surface area contributed by atoms with E-state index in [4.69, 9.17) is 4.52 Å². The number of benzene rings is 1. The van der Waals surface area contributed by atoms with Crippen LogP contribution in [0.2, 0.25) is 0 Å². The van der Waals surface area contributed by atoms with Crippen LogP contribution in [0.3, 0.4) is 0 Å². The molecule has 1 aliphatic rings. The number of aryl methyl sites for hydroxylation is 4. The highest BCUT2D eigenvalue weighted by Crippen LogP contribution is 2.32. The minimum Gasteiger partial charge on any atom is -0.360 e. The molecule has 5 nitrogen and oxygen atoms in total. The van der Waals surface area contributed by atoms with Gasteiger partial charge in [0.2, 0.25) is 10.0 Å². The second-order valence-electron chi connectivity index (χ2n) is 6.60. The van der Waals surface area contributed by atoms with Crippen molar-refractivity contribution >= 4 is 21.4 Å². The van der Waals surface area contributed by atoms with Gasteiger partial charge in [-0.3, -0.25) is 0 Å². The Morgan fingerprint density at radius 3 is 2.69 bits per heavy atom. The molecule has 7 heteroatoms. The molecule has 4 rings (SSSR count). The second-order valence-corrected chi connectivity index (χ2v) is 9.23. The Kier molecular flexibility index (Phi) is 4.46. The van der Waals surface area contributed by atoms with E-state index >= 15 is 0 Å². The van der Waals surface area contributed by atoms with Gasteiger partial charge in [-0.15, -0.1) is 11.3 Å². The average Bonchev–Trinajstić information content (AvgIpc) is 3.33. The van der Waals surface area contributed by atoms with Gasteiger partial charge in [-0.25, -0.2) is 8.42 Å². The van der Waals surface area contributed by atoms with Gasteiger partial charge < -0.3 is 4.52 Å². The average molecular weight is 389 g/mol. The van der Waals surface area contributed by atoms with Crippen LogP contribution in [-0.2, 0) is 22.9 Å². The van der Waals surface area contributed by atoms with Gasteiger partial charge >= 0.3 is 0 Å². The number of thiophene rings is 1. The maximum absolute atomic E-state index is 13.0. The Bertz CT molecular complexity index is 1020. The summed E-state index contributed by atoms with van der Waals surface area (Å²) in [6.45, 7) is 3.25. The van der Waals surface area contributed by atoms with Gasteiger partial charge in [0, 0.05) is 4.88 Å². The molecule has 1 atom stereocenters. The van der Waals surface area contributed by atoms with Crippen LogP contribution >= 0.6 is 11.3 Å². The third-order valence-corrected chi connectivity index (χ3v) is 7.40. The lowest BCUT2D eigenvalue weighted by molar-refractivity contribution is 0.390. The zero-order chi connectivity index (χ0) is 18.3. The smallest absolute Gasteiger partial charge is 0.246 e. The molecule has 0 bridgehead atoms. The fourth-order valence-electron chi connectivity index (χ4n) is 3.59. The quantitative estimate of drug-likeness (QED) is 0.719. The van der Waals surface area contributed by atoms with Gasteiger partial charge in [-0.1, -0.05) is 29.4 Å². The molecule has 1 aromatic carbocycles. The third-order valence-electron chi connectivity index (χ3n) is 4.79. The van der Waals surface area contributed by atoms with Crippen molar-refractivity contribution in [3.8, 4) is 0 Å². The molecule has 26 heavy (non-hydrogen) atoms. The number of rotatable bonds is 5. The highest BCUT2D eigenvalue weighted by Gasteiger charge is 2.29. The molecule has 0 saturated heterocycles. The van der Waals surface area contributed by atoms with Crippen molar-refractivity contribution in [2.45, 2.75) is 44.0 Å². The standard InChI is InChI=1S/C19H20N2O3S2/c1-12-19(13(2)24-20-12)26(22,23)21-18(17-7-4-10-25-17)16-9-8-14-5-3-6-15(14)11-16/h4,7-11,18,21H,3,5-6H2,1-2H3/t18-/m1/s1. The van der Waals surface area contributed by atoms with E-state index in [-0.39, 0.29) is 4.90 Å². The van der Waals surface area contributed by atoms with Gasteiger partial charge in [0.15, 0.2) is 5.76 Å². The van der Waals surface area contributed by atoms with Crippen molar-refractivity contribution in [3.05, 3.63) is 68.7 Å². The first-order valence-electron chi connectivity index (χ1n) is 8.56. The van der Waals surface area contributed by atoms with E-state index in [1.165, 1.54) is 22.5 Å². The Morgan fingerprint density at radius 2 is 2.00 bits per heavy atom. The summed E-state index contributed by atoms with van der Waals surface area (Å²) in [5, 5.41) is 5.74. The molecule has 0 unspecified atom stereocenters. The summed E-state index contributed by atoms with van der Waals surface area (Å²) in [7, 11) is -3.77. The molecule has 2 heterocycles. The molecule has 136 valence electrons. The number of hydrogen-bond donors (Lipinski definition) is 1. The Morgan fingerprint density at radius 1 is 1.19 bits per heavy atom. The van der Waals surface area contributed by atoms with Crippen molar-refractivity contribution in [2.24, 2.45) is 0 Å². The van der Waals surface area contributed by atoms with Crippen LogP contribution in [0.25, 0.3) is 0 Å². The summed E-state index contributed by atoms with van der Waals surface area (Å²) in [5.74, 6) is 0.300. The highest BCUT2D eigenvalue weighted by molar-refractivity contribution is 7.89. The lowest BCUT2D eigenvalue weighted by Crippen LogP contribution is -2.29. The molecule has 0 spiro atoms. The first-order valence-corrected chi connectivity index (χ1v) is 10.9. The van der Waals surface area contributed by atoms with Crippen molar-refractivity contribution in [2.75, 3.05) is 0 Å². The van der Waals surface area contributed by atoms with E-state index in [1.807, 2.05) is 23.6 Å². The van der Waals surface area contributed by atoms with Crippen LogP contribution < -0.4 is 4.72 Å². The topological polar surface area (TPSA) is 72.2 Å². The third kappa shape index (κ3) is 3.11. The monoisotopic (exact) mass is 388 g/mol. The summed E-state index contributed by atoms with van der Waals surface area (Å²) in [6, 6.07) is 9.76. The second kappa shape index (κ2) is 6.64. The summed E-state index contributed by atoms with van der Waals surface area (Å²) in [6.07, 6.45) is 3.31. The maximum atomic E-state index is 13.0. The van der Waals surface area contributed by atoms with Crippen molar-refractivity contribution in [1.82, 2.24) is 9.88 Å². The van der Waals surface area contributed by atoms with Gasteiger partial charge in [0.05, 0.1) is 6.04 Å². The molecule has 0 amide bonds. The summed E-state index contributed by atoms with van der Waals surface area (Å²) in [4.78, 5) is 1.08. The number of sulfonamides is 1. The molecule has 0 fully saturated rings. The summed E-state index contributed by atoms with van der Waals surface area (Å²) >= 11 is 1.54. The molecule has 0 radical (unpaired) electrons.